The topological polar surface area (TPSA) is 91.1 Å². The summed E-state index contributed by atoms with van der Waals surface area (Å²) in [6, 6.07) is 9.32. The number of rotatable bonds is 3. The lowest BCUT2D eigenvalue weighted by Gasteiger charge is -2.31. The molecule has 0 radical (unpaired) electrons. The van der Waals surface area contributed by atoms with E-state index in [1.165, 1.54) is 22.9 Å². The third kappa shape index (κ3) is 3.80. The summed E-state index contributed by atoms with van der Waals surface area (Å²) in [4.78, 5) is 21.0. The molecule has 8 nitrogen and oxygen atoms in total. The number of aromatic nitrogens is 2. The molecule has 4 aromatic rings. The fraction of sp³-hybridized carbons (Fsp3) is 0.250. The number of pyridine rings is 1. The molecule has 2 aromatic heterocycles. The van der Waals surface area contributed by atoms with E-state index in [-0.39, 0.29) is 40.6 Å². The molecule has 0 unspecified atom stereocenters. The average Bonchev–Trinajstić information content (AvgIpc) is 3.14. The second-order valence-corrected chi connectivity index (χ2v) is 8.23. The van der Waals surface area contributed by atoms with Gasteiger partial charge in [0.2, 0.25) is 5.88 Å². The van der Waals surface area contributed by atoms with Gasteiger partial charge in [-0.1, -0.05) is 12.1 Å². The van der Waals surface area contributed by atoms with Crippen molar-refractivity contribution in [3.63, 3.8) is 0 Å². The van der Waals surface area contributed by atoms with E-state index in [4.69, 9.17) is 4.74 Å². The highest BCUT2D eigenvalue weighted by Gasteiger charge is 2.26. The fourth-order valence-electron chi connectivity index (χ4n) is 4.15. The molecule has 2 N–H and O–H groups in total. The van der Waals surface area contributed by atoms with Crippen LogP contribution in [0.4, 0.5) is 9.18 Å². The van der Waals surface area contributed by atoms with Gasteiger partial charge in [-0.3, -0.25) is 4.98 Å². The van der Waals surface area contributed by atoms with Crippen molar-refractivity contribution in [2.24, 2.45) is 0 Å². The highest BCUT2D eigenvalue weighted by atomic mass is 19.1. The van der Waals surface area contributed by atoms with Crippen LogP contribution in [0.3, 0.4) is 0 Å². The van der Waals surface area contributed by atoms with Crippen molar-refractivity contribution in [1.29, 1.82) is 0 Å². The van der Waals surface area contributed by atoms with Crippen molar-refractivity contribution < 1.29 is 24.1 Å². The van der Waals surface area contributed by atoms with Crippen molar-refractivity contribution in [2.75, 3.05) is 33.2 Å². The Kier molecular flexibility index (Phi) is 5.26. The molecule has 3 heterocycles. The maximum Gasteiger partial charge on any atom is 0.415 e. The molecule has 0 spiro atoms. The highest BCUT2D eigenvalue weighted by Crippen LogP contribution is 2.46. The van der Waals surface area contributed by atoms with E-state index in [2.05, 4.69) is 9.88 Å². The van der Waals surface area contributed by atoms with Gasteiger partial charge in [0.1, 0.15) is 11.3 Å². The molecular weight excluding hydrogens is 427 g/mol. The minimum Gasteiger partial charge on any atom is -0.505 e. The standard InChI is InChI=1S/C24H23FN4O4/c1-27-9-11-28(12-10-27)24(32)33-22-17-3-2-8-26-20(17)21(30)19-18(22)14-29(23(19)31)13-15-4-6-16(25)7-5-15/h2-8,14,30-31H,9-13H2,1H3. The Bertz CT molecular complexity index is 1340. The Morgan fingerprint density at radius 1 is 1.09 bits per heavy atom. The van der Waals surface area contributed by atoms with Gasteiger partial charge in [-0.25, -0.2) is 9.18 Å². The van der Waals surface area contributed by atoms with Crippen molar-refractivity contribution in [3.05, 3.63) is 60.2 Å². The van der Waals surface area contributed by atoms with E-state index < -0.39 is 6.09 Å². The van der Waals surface area contributed by atoms with Crippen LogP contribution in [0.1, 0.15) is 5.56 Å². The Balaban J connectivity index is 1.60. The second-order valence-electron chi connectivity index (χ2n) is 8.23. The van der Waals surface area contributed by atoms with Crippen LogP contribution in [-0.4, -0.2) is 68.9 Å². The van der Waals surface area contributed by atoms with Gasteiger partial charge in [0.15, 0.2) is 11.5 Å². The lowest BCUT2D eigenvalue weighted by Crippen LogP contribution is -2.48. The van der Waals surface area contributed by atoms with Crippen molar-refractivity contribution in [1.82, 2.24) is 19.4 Å². The van der Waals surface area contributed by atoms with Crippen molar-refractivity contribution in [2.45, 2.75) is 6.54 Å². The first-order valence-corrected chi connectivity index (χ1v) is 10.6. The zero-order valence-electron chi connectivity index (χ0n) is 18.0. The molecule has 1 fully saturated rings. The number of nitrogens with zero attached hydrogens (tertiary/aromatic N) is 4. The summed E-state index contributed by atoms with van der Waals surface area (Å²) in [6.45, 7) is 2.82. The Hall–Kier alpha value is -3.85. The van der Waals surface area contributed by atoms with Crippen LogP contribution < -0.4 is 4.74 Å². The summed E-state index contributed by atoms with van der Waals surface area (Å²) in [5.41, 5.74) is 0.978. The van der Waals surface area contributed by atoms with Crippen LogP contribution in [0.5, 0.6) is 17.4 Å². The molecule has 1 aliphatic heterocycles. The Labute approximate surface area is 189 Å². The lowest BCUT2D eigenvalue weighted by molar-refractivity contribution is 0.121. The first-order valence-electron chi connectivity index (χ1n) is 10.6. The van der Waals surface area contributed by atoms with Crippen LogP contribution in [0.2, 0.25) is 0 Å². The number of carbonyl (C=O) groups excluding carboxylic acids is 1. The van der Waals surface area contributed by atoms with Crippen LogP contribution in [0.25, 0.3) is 21.7 Å². The zero-order valence-corrected chi connectivity index (χ0v) is 18.0. The smallest absolute Gasteiger partial charge is 0.415 e. The number of fused-ring (bicyclic) bond motifs is 2. The first kappa shape index (κ1) is 21.0. The number of amides is 1. The molecule has 0 aliphatic carbocycles. The van der Waals surface area contributed by atoms with Gasteiger partial charge >= 0.3 is 6.09 Å². The van der Waals surface area contributed by atoms with E-state index >= 15 is 0 Å². The maximum absolute atomic E-state index is 13.3. The van der Waals surface area contributed by atoms with Gasteiger partial charge in [0.25, 0.3) is 0 Å². The number of benzene rings is 2. The lowest BCUT2D eigenvalue weighted by atomic mass is 10.1. The number of aromatic hydroxyl groups is 2. The maximum atomic E-state index is 13.3. The number of piperazine rings is 1. The van der Waals surface area contributed by atoms with Crippen molar-refractivity contribution >= 4 is 27.8 Å². The summed E-state index contributed by atoms with van der Waals surface area (Å²) >= 11 is 0. The highest BCUT2D eigenvalue weighted by molar-refractivity contribution is 6.12. The molecule has 2 aromatic carbocycles. The third-order valence-electron chi connectivity index (χ3n) is 6.03. The Morgan fingerprint density at radius 3 is 2.55 bits per heavy atom. The molecular formula is C24H23FN4O4. The van der Waals surface area contributed by atoms with Gasteiger partial charge in [-0.2, -0.15) is 0 Å². The number of phenolic OH excluding ortho intramolecular Hbond substituents is 1. The summed E-state index contributed by atoms with van der Waals surface area (Å²) < 4.78 is 20.6. The van der Waals surface area contributed by atoms with Crippen molar-refractivity contribution in [3.8, 4) is 17.4 Å². The summed E-state index contributed by atoms with van der Waals surface area (Å²) in [6.07, 6.45) is 2.64. The van der Waals surface area contributed by atoms with Crippen LogP contribution in [-0.2, 0) is 6.54 Å². The summed E-state index contributed by atoms with van der Waals surface area (Å²) in [5, 5.41) is 22.8. The zero-order chi connectivity index (χ0) is 23.1. The van der Waals surface area contributed by atoms with Gasteiger partial charge in [0.05, 0.1) is 17.3 Å². The second kappa shape index (κ2) is 8.25. The number of phenols is 1. The number of likely N-dealkylation sites (N-methyl/N-ethyl adjacent to an activating group) is 1. The van der Waals surface area contributed by atoms with Gasteiger partial charge in [-0.15, -0.1) is 0 Å². The molecule has 170 valence electrons. The fourth-order valence-corrected chi connectivity index (χ4v) is 4.15. The third-order valence-corrected chi connectivity index (χ3v) is 6.03. The predicted molar refractivity (Wildman–Crippen MR) is 121 cm³/mol. The van der Waals surface area contributed by atoms with E-state index in [0.29, 0.717) is 23.9 Å². The first-order chi connectivity index (χ1) is 15.9. The van der Waals surface area contributed by atoms with Crippen LogP contribution >= 0.6 is 0 Å². The molecule has 0 atom stereocenters. The minimum absolute atomic E-state index is 0.143. The summed E-state index contributed by atoms with van der Waals surface area (Å²) in [7, 11) is 2.00. The van der Waals surface area contributed by atoms with Gasteiger partial charge < -0.3 is 29.3 Å². The SMILES string of the molecule is CN1CCN(C(=O)Oc2c3cccnc3c(O)c3c(O)n(Cc4ccc(F)cc4)cc23)CC1. The predicted octanol–water partition coefficient (Wildman–Crippen LogP) is 3.53. The number of halogens is 1. The molecule has 1 amide bonds. The number of hydrogen-bond donors (Lipinski definition) is 2. The normalized spacial score (nSPS) is 14.8. The molecule has 9 heteroatoms. The number of hydrogen-bond acceptors (Lipinski definition) is 6. The molecule has 0 saturated carbocycles. The quantitative estimate of drug-likeness (QED) is 0.496. The summed E-state index contributed by atoms with van der Waals surface area (Å²) in [5.74, 6) is -0.525. The molecule has 5 rings (SSSR count). The van der Waals surface area contributed by atoms with Gasteiger partial charge in [0, 0.05) is 44.0 Å². The number of carbonyl (C=O) groups is 1. The van der Waals surface area contributed by atoms with E-state index in [9.17, 15) is 19.4 Å². The average molecular weight is 450 g/mol. The van der Waals surface area contributed by atoms with Crippen LogP contribution in [0.15, 0.2) is 48.8 Å². The van der Waals surface area contributed by atoms with Gasteiger partial charge in [-0.05, 0) is 36.9 Å². The van der Waals surface area contributed by atoms with E-state index in [0.717, 1.165) is 18.7 Å². The molecule has 0 bridgehead atoms. The van der Waals surface area contributed by atoms with E-state index in [1.54, 1.807) is 35.4 Å². The van der Waals surface area contributed by atoms with Crippen LogP contribution in [0, 0.1) is 5.82 Å². The molecule has 33 heavy (non-hydrogen) atoms. The number of ether oxygens (including phenoxy) is 1. The largest absolute Gasteiger partial charge is 0.505 e. The monoisotopic (exact) mass is 450 g/mol. The molecule has 1 aliphatic rings. The minimum atomic E-state index is -0.494. The molecule has 1 saturated heterocycles. The Morgan fingerprint density at radius 2 is 1.82 bits per heavy atom. The van der Waals surface area contributed by atoms with E-state index in [1.807, 2.05) is 7.05 Å².